The molecular formula is C15H21NO3. The predicted octanol–water partition coefficient (Wildman–Crippen LogP) is 2.99. The quantitative estimate of drug-likeness (QED) is 0.824. The van der Waals surface area contributed by atoms with Crippen molar-refractivity contribution in [3.05, 3.63) is 29.3 Å². The third kappa shape index (κ3) is 4.09. The minimum Gasteiger partial charge on any atom is -0.481 e. The van der Waals surface area contributed by atoms with Gasteiger partial charge in [0.15, 0.2) is 0 Å². The molecule has 0 saturated carbocycles. The van der Waals surface area contributed by atoms with Crippen LogP contribution in [0.5, 0.6) is 0 Å². The predicted molar refractivity (Wildman–Crippen MR) is 75.1 cm³/mol. The number of hydrogen-bond donors (Lipinski definition) is 2. The molecule has 0 spiro atoms. The molecule has 1 aromatic carbocycles. The van der Waals surface area contributed by atoms with E-state index in [-0.39, 0.29) is 0 Å². The molecule has 0 aromatic heterocycles. The molecule has 0 radical (unpaired) electrons. The minimum absolute atomic E-state index is 0.481. The van der Waals surface area contributed by atoms with E-state index in [1.165, 1.54) is 0 Å². The first-order valence-corrected chi connectivity index (χ1v) is 6.23. The number of carbonyl (C=O) groups is 2. The highest BCUT2D eigenvalue weighted by Gasteiger charge is 2.37. The molecule has 2 N–H and O–H groups in total. The lowest BCUT2D eigenvalue weighted by atomic mass is 9.80. The van der Waals surface area contributed by atoms with Crippen molar-refractivity contribution in [3.63, 3.8) is 0 Å². The largest absolute Gasteiger partial charge is 0.481 e. The Hall–Kier alpha value is -1.84. The first kappa shape index (κ1) is 15.2. The molecule has 19 heavy (non-hydrogen) atoms. The van der Waals surface area contributed by atoms with Gasteiger partial charge in [0.2, 0.25) is 5.91 Å². The van der Waals surface area contributed by atoms with Gasteiger partial charge in [0, 0.05) is 5.69 Å². The maximum Gasteiger partial charge on any atom is 0.316 e. The lowest BCUT2D eigenvalue weighted by Crippen LogP contribution is -2.39. The number of rotatable bonds is 3. The zero-order valence-corrected chi connectivity index (χ0v) is 12.1. The van der Waals surface area contributed by atoms with Gasteiger partial charge in [0.1, 0.15) is 5.92 Å². The molecule has 0 heterocycles. The second-order valence-electron chi connectivity index (χ2n) is 6.00. The van der Waals surface area contributed by atoms with Crippen molar-refractivity contribution in [2.45, 2.75) is 34.6 Å². The van der Waals surface area contributed by atoms with Crippen molar-refractivity contribution in [1.29, 1.82) is 0 Å². The minimum atomic E-state index is -1.10. The Morgan fingerprint density at radius 1 is 1.11 bits per heavy atom. The average Bonchev–Trinajstić information content (AvgIpc) is 2.10. The topological polar surface area (TPSA) is 66.4 Å². The number of nitrogens with one attached hydrogen (secondary N) is 1. The van der Waals surface area contributed by atoms with E-state index in [2.05, 4.69) is 5.32 Å². The third-order valence-corrected chi connectivity index (χ3v) is 2.86. The molecule has 0 aliphatic carbocycles. The lowest BCUT2D eigenvalue weighted by Gasteiger charge is -2.26. The Kier molecular flexibility index (Phi) is 4.35. The van der Waals surface area contributed by atoms with Gasteiger partial charge in [0.05, 0.1) is 0 Å². The number of carbonyl (C=O) groups excluding carboxylic acids is 1. The Bertz CT molecular complexity index is 480. The lowest BCUT2D eigenvalue weighted by molar-refractivity contribution is -0.149. The molecule has 0 aliphatic rings. The Morgan fingerprint density at radius 2 is 1.58 bits per heavy atom. The highest BCUT2D eigenvalue weighted by molar-refractivity contribution is 6.04. The van der Waals surface area contributed by atoms with Gasteiger partial charge in [-0.05, 0) is 42.5 Å². The number of aryl methyl sites for hydroxylation is 2. The van der Waals surface area contributed by atoms with Crippen molar-refractivity contribution in [2.75, 3.05) is 5.32 Å². The molecule has 1 amide bonds. The van der Waals surface area contributed by atoms with Crippen LogP contribution in [0.3, 0.4) is 0 Å². The molecule has 104 valence electrons. The van der Waals surface area contributed by atoms with E-state index in [0.29, 0.717) is 5.69 Å². The van der Waals surface area contributed by atoms with Crippen LogP contribution in [0.15, 0.2) is 18.2 Å². The summed E-state index contributed by atoms with van der Waals surface area (Å²) in [6, 6.07) is 5.65. The molecule has 4 nitrogen and oxygen atoms in total. The van der Waals surface area contributed by atoms with Crippen molar-refractivity contribution < 1.29 is 14.7 Å². The van der Waals surface area contributed by atoms with Crippen molar-refractivity contribution in [3.8, 4) is 0 Å². The van der Waals surface area contributed by atoms with Crippen LogP contribution in [0.25, 0.3) is 0 Å². The highest BCUT2D eigenvalue weighted by Crippen LogP contribution is 2.27. The van der Waals surface area contributed by atoms with Crippen molar-refractivity contribution >= 4 is 17.6 Å². The van der Waals surface area contributed by atoms with E-state index >= 15 is 0 Å². The van der Waals surface area contributed by atoms with Crippen LogP contribution in [-0.2, 0) is 9.59 Å². The van der Waals surface area contributed by atoms with Gasteiger partial charge >= 0.3 is 5.97 Å². The van der Waals surface area contributed by atoms with E-state index in [9.17, 15) is 14.7 Å². The smallest absolute Gasteiger partial charge is 0.316 e. The number of carboxylic acids is 1. The van der Waals surface area contributed by atoms with E-state index in [0.717, 1.165) is 11.1 Å². The van der Waals surface area contributed by atoms with Crippen LogP contribution in [0, 0.1) is 25.2 Å². The summed E-state index contributed by atoms with van der Waals surface area (Å²) in [5.74, 6) is -2.66. The molecule has 0 fully saturated rings. The molecule has 0 bridgehead atoms. The normalized spacial score (nSPS) is 12.9. The molecule has 1 aromatic rings. The van der Waals surface area contributed by atoms with Gasteiger partial charge in [-0.1, -0.05) is 26.8 Å². The fourth-order valence-corrected chi connectivity index (χ4v) is 2.14. The van der Waals surface area contributed by atoms with Gasteiger partial charge in [0.25, 0.3) is 0 Å². The molecule has 4 heteroatoms. The first-order chi connectivity index (χ1) is 8.61. The van der Waals surface area contributed by atoms with Gasteiger partial charge in [-0.3, -0.25) is 9.59 Å². The van der Waals surface area contributed by atoms with Crippen LogP contribution in [0.4, 0.5) is 5.69 Å². The van der Waals surface area contributed by atoms with Gasteiger partial charge in [-0.15, -0.1) is 0 Å². The van der Waals surface area contributed by atoms with E-state index < -0.39 is 23.2 Å². The molecule has 1 atom stereocenters. The highest BCUT2D eigenvalue weighted by atomic mass is 16.4. The summed E-state index contributed by atoms with van der Waals surface area (Å²) < 4.78 is 0. The van der Waals surface area contributed by atoms with Crippen LogP contribution < -0.4 is 5.32 Å². The number of amides is 1. The monoisotopic (exact) mass is 263 g/mol. The van der Waals surface area contributed by atoms with Crippen LogP contribution in [0.2, 0.25) is 0 Å². The summed E-state index contributed by atoms with van der Waals surface area (Å²) in [7, 11) is 0. The molecule has 1 rings (SSSR count). The first-order valence-electron chi connectivity index (χ1n) is 6.23. The van der Waals surface area contributed by atoms with Gasteiger partial charge < -0.3 is 10.4 Å². The standard InChI is InChI=1S/C15H21NO3/c1-9-6-10(2)8-11(7-9)16-13(17)12(14(18)19)15(3,4)5/h6-8,12H,1-5H3,(H,16,17)(H,18,19). The van der Waals surface area contributed by atoms with Crippen LogP contribution >= 0.6 is 0 Å². The fraction of sp³-hybridized carbons (Fsp3) is 0.467. The van der Waals surface area contributed by atoms with Gasteiger partial charge in [-0.2, -0.15) is 0 Å². The number of hydrogen-bond acceptors (Lipinski definition) is 2. The number of anilines is 1. The zero-order chi connectivity index (χ0) is 14.8. The maximum absolute atomic E-state index is 12.1. The summed E-state index contributed by atoms with van der Waals surface area (Å²) in [5.41, 5.74) is 2.06. The Morgan fingerprint density at radius 3 is 1.95 bits per heavy atom. The average molecular weight is 263 g/mol. The summed E-state index contributed by atoms with van der Waals surface area (Å²) >= 11 is 0. The summed E-state index contributed by atoms with van der Waals surface area (Å²) in [5, 5.41) is 11.9. The van der Waals surface area contributed by atoms with E-state index in [1.807, 2.05) is 32.0 Å². The number of benzene rings is 1. The SMILES string of the molecule is Cc1cc(C)cc(NC(=O)C(C(=O)O)C(C)(C)C)c1. The number of carboxylic acid groups (broad SMARTS) is 1. The summed E-state index contributed by atoms with van der Waals surface area (Å²) in [6.07, 6.45) is 0. The number of aliphatic carboxylic acids is 1. The third-order valence-electron chi connectivity index (χ3n) is 2.86. The van der Waals surface area contributed by atoms with Crippen LogP contribution in [0.1, 0.15) is 31.9 Å². The molecule has 0 saturated heterocycles. The van der Waals surface area contributed by atoms with Gasteiger partial charge in [-0.25, -0.2) is 0 Å². The Balaban J connectivity index is 2.97. The zero-order valence-electron chi connectivity index (χ0n) is 12.1. The second kappa shape index (κ2) is 5.43. The van der Waals surface area contributed by atoms with Crippen molar-refractivity contribution in [1.82, 2.24) is 0 Å². The summed E-state index contributed by atoms with van der Waals surface area (Å²) in [4.78, 5) is 23.4. The van der Waals surface area contributed by atoms with E-state index in [1.54, 1.807) is 20.8 Å². The Labute approximate surface area is 113 Å². The van der Waals surface area contributed by atoms with Crippen molar-refractivity contribution in [2.24, 2.45) is 11.3 Å². The molecular weight excluding hydrogens is 242 g/mol. The van der Waals surface area contributed by atoms with Crippen LogP contribution in [-0.4, -0.2) is 17.0 Å². The molecule has 0 aliphatic heterocycles. The fourth-order valence-electron chi connectivity index (χ4n) is 2.14. The second-order valence-corrected chi connectivity index (χ2v) is 6.00. The summed E-state index contributed by atoms with van der Waals surface area (Å²) in [6.45, 7) is 9.09. The molecule has 1 unspecified atom stereocenters. The maximum atomic E-state index is 12.1. The van der Waals surface area contributed by atoms with E-state index in [4.69, 9.17) is 0 Å².